The molecule has 3 rings (SSSR count). The smallest absolute Gasteiger partial charge is 0.325 e. The first kappa shape index (κ1) is 20.4. The minimum Gasteiger partial charge on any atom is -0.480 e. The average Bonchev–Trinajstić information content (AvgIpc) is 3.03. The number of carbonyl (C=O) groups is 2. The lowest BCUT2D eigenvalue weighted by Crippen LogP contribution is -2.38. The van der Waals surface area contributed by atoms with Crippen LogP contribution in [0.5, 0.6) is 0 Å². The molecule has 1 heterocycles. The number of carbonyl (C=O) groups excluding carboxylic acids is 1. The number of hydrogen-bond donors (Lipinski definition) is 3. The summed E-state index contributed by atoms with van der Waals surface area (Å²) in [6.45, 7) is 9.25. The van der Waals surface area contributed by atoms with Crippen molar-refractivity contribution in [3.05, 3.63) is 64.4 Å². The molecular weight excluding hydrogens is 364 g/mol. The maximum absolute atomic E-state index is 12.2. The maximum Gasteiger partial charge on any atom is 0.325 e. The molecule has 0 bridgehead atoms. The Morgan fingerprint density at radius 1 is 1.07 bits per heavy atom. The van der Waals surface area contributed by atoms with Crippen molar-refractivity contribution in [3.8, 4) is 11.1 Å². The Hall–Kier alpha value is -3.34. The average molecular weight is 390 g/mol. The summed E-state index contributed by atoms with van der Waals surface area (Å²) >= 11 is 0. The number of carboxylic acid groups (broad SMARTS) is 1. The van der Waals surface area contributed by atoms with Crippen molar-refractivity contribution >= 4 is 28.9 Å². The highest BCUT2D eigenvalue weighted by molar-refractivity contribution is 5.99. The number of aromatic amines is 1. The minimum atomic E-state index is -1.06. The number of rotatable bonds is 5. The van der Waals surface area contributed by atoms with Crippen molar-refractivity contribution in [2.75, 3.05) is 0 Å². The molecule has 5 heteroatoms. The summed E-state index contributed by atoms with van der Waals surface area (Å²) in [5.41, 5.74) is 8.14. The fraction of sp³-hybridized carbons (Fsp3) is 0.250. The molecule has 0 spiro atoms. The summed E-state index contributed by atoms with van der Waals surface area (Å²) in [6, 6.07) is 11.8. The minimum absolute atomic E-state index is 0.380. The second-order valence-electron chi connectivity index (χ2n) is 7.64. The number of benzene rings is 2. The van der Waals surface area contributed by atoms with Crippen molar-refractivity contribution in [2.45, 2.75) is 40.7 Å². The molecule has 3 N–H and O–H groups in total. The van der Waals surface area contributed by atoms with E-state index < -0.39 is 12.0 Å². The number of amides is 1. The predicted octanol–water partition coefficient (Wildman–Crippen LogP) is 4.75. The van der Waals surface area contributed by atoms with Crippen LogP contribution in [0.3, 0.4) is 0 Å². The zero-order chi connectivity index (χ0) is 21.3. The molecule has 0 aliphatic heterocycles. The Labute approximate surface area is 170 Å². The van der Waals surface area contributed by atoms with Crippen molar-refractivity contribution in [1.29, 1.82) is 0 Å². The van der Waals surface area contributed by atoms with Crippen LogP contribution in [0, 0.1) is 20.8 Å². The van der Waals surface area contributed by atoms with Crippen LogP contribution in [0.25, 0.3) is 28.1 Å². The maximum atomic E-state index is 12.2. The number of aryl methyl sites for hydroxylation is 3. The monoisotopic (exact) mass is 390 g/mol. The fourth-order valence-corrected chi connectivity index (χ4v) is 3.42. The lowest BCUT2D eigenvalue weighted by Gasteiger charge is -2.13. The second-order valence-corrected chi connectivity index (χ2v) is 7.64. The van der Waals surface area contributed by atoms with E-state index in [4.69, 9.17) is 5.11 Å². The van der Waals surface area contributed by atoms with Crippen LogP contribution >= 0.6 is 0 Å². The van der Waals surface area contributed by atoms with Crippen molar-refractivity contribution in [2.24, 2.45) is 0 Å². The molecule has 1 amide bonds. The van der Waals surface area contributed by atoms with Gasteiger partial charge in [-0.1, -0.05) is 18.2 Å². The van der Waals surface area contributed by atoms with Gasteiger partial charge < -0.3 is 15.4 Å². The van der Waals surface area contributed by atoms with Crippen LogP contribution in [0.1, 0.15) is 36.2 Å². The molecule has 0 fully saturated rings. The number of H-pyrrole nitrogens is 1. The molecule has 0 aliphatic rings. The van der Waals surface area contributed by atoms with Gasteiger partial charge in [-0.05, 0) is 86.7 Å². The third kappa shape index (κ3) is 4.40. The first-order chi connectivity index (χ1) is 13.7. The van der Waals surface area contributed by atoms with Crippen LogP contribution in [0.15, 0.2) is 42.0 Å². The first-order valence-electron chi connectivity index (χ1n) is 9.58. The van der Waals surface area contributed by atoms with Gasteiger partial charge in [-0.25, -0.2) is 0 Å². The predicted molar refractivity (Wildman–Crippen MR) is 117 cm³/mol. The standard InChI is InChI=1S/C24H26N2O3/c1-13-10-21(18-6-7-22-20(12-18)11-16(4)25-22)14(2)8-19(13)9-15(3)23(27)26-17(5)24(28)29/h6-12,17,25H,1-5H3,(H,26,27)(H,28,29)/t17-/m1/s1. The van der Waals surface area contributed by atoms with E-state index in [2.05, 4.69) is 53.6 Å². The van der Waals surface area contributed by atoms with E-state index in [0.29, 0.717) is 5.57 Å². The van der Waals surface area contributed by atoms with Gasteiger partial charge in [-0.2, -0.15) is 0 Å². The van der Waals surface area contributed by atoms with E-state index in [1.54, 1.807) is 13.0 Å². The first-order valence-corrected chi connectivity index (χ1v) is 9.58. The highest BCUT2D eigenvalue weighted by atomic mass is 16.4. The van der Waals surface area contributed by atoms with E-state index in [1.807, 2.05) is 13.8 Å². The molecule has 150 valence electrons. The molecule has 0 aliphatic carbocycles. The van der Waals surface area contributed by atoms with Gasteiger partial charge in [0.2, 0.25) is 5.91 Å². The number of carboxylic acids is 1. The molecule has 0 unspecified atom stereocenters. The zero-order valence-electron chi connectivity index (χ0n) is 17.4. The number of nitrogens with one attached hydrogen (secondary N) is 2. The zero-order valence-corrected chi connectivity index (χ0v) is 17.4. The number of aromatic nitrogens is 1. The largest absolute Gasteiger partial charge is 0.480 e. The van der Waals surface area contributed by atoms with Crippen molar-refractivity contribution in [3.63, 3.8) is 0 Å². The van der Waals surface area contributed by atoms with E-state index in [0.717, 1.165) is 39.0 Å². The van der Waals surface area contributed by atoms with Crippen LogP contribution in [-0.2, 0) is 9.59 Å². The quantitative estimate of drug-likeness (QED) is 0.550. The Balaban J connectivity index is 1.92. The lowest BCUT2D eigenvalue weighted by molar-refractivity contribution is -0.140. The normalized spacial score (nSPS) is 12.8. The molecule has 0 radical (unpaired) electrons. The van der Waals surface area contributed by atoms with Gasteiger partial charge in [-0.15, -0.1) is 0 Å². The van der Waals surface area contributed by atoms with Crippen LogP contribution in [0.2, 0.25) is 0 Å². The number of hydrogen-bond acceptors (Lipinski definition) is 2. The molecular formula is C24H26N2O3. The summed E-state index contributed by atoms with van der Waals surface area (Å²) in [6.07, 6.45) is 1.80. The lowest BCUT2D eigenvalue weighted by atomic mass is 9.93. The Kier molecular flexibility index (Phi) is 5.59. The molecule has 5 nitrogen and oxygen atoms in total. The molecule has 2 aromatic carbocycles. The Morgan fingerprint density at radius 3 is 2.48 bits per heavy atom. The van der Waals surface area contributed by atoms with E-state index >= 15 is 0 Å². The molecule has 1 atom stereocenters. The summed E-state index contributed by atoms with van der Waals surface area (Å²) < 4.78 is 0. The number of fused-ring (bicyclic) bond motifs is 1. The third-order valence-electron chi connectivity index (χ3n) is 5.13. The fourth-order valence-electron chi connectivity index (χ4n) is 3.42. The molecule has 29 heavy (non-hydrogen) atoms. The van der Waals surface area contributed by atoms with E-state index in [-0.39, 0.29) is 5.91 Å². The van der Waals surface area contributed by atoms with Gasteiger partial charge in [0.15, 0.2) is 0 Å². The molecule has 3 aromatic rings. The highest BCUT2D eigenvalue weighted by Crippen LogP contribution is 2.30. The third-order valence-corrected chi connectivity index (χ3v) is 5.13. The summed E-state index contributed by atoms with van der Waals surface area (Å²) in [7, 11) is 0. The van der Waals surface area contributed by atoms with Gasteiger partial charge in [-0.3, -0.25) is 9.59 Å². The topological polar surface area (TPSA) is 82.2 Å². The summed E-state index contributed by atoms with van der Waals surface area (Å²) in [4.78, 5) is 26.5. The van der Waals surface area contributed by atoms with Crippen LogP contribution < -0.4 is 5.32 Å². The van der Waals surface area contributed by atoms with E-state index in [9.17, 15) is 9.59 Å². The number of aliphatic carboxylic acids is 1. The summed E-state index contributed by atoms with van der Waals surface area (Å²) in [5, 5.41) is 12.6. The molecule has 0 saturated carbocycles. The van der Waals surface area contributed by atoms with E-state index in [1.165, 1.54) is 12.3 Å². The van der Waals surface area contributed by atoms with Crippen molar-refractivity contribution < 1.29 is 14.7 Å². The van der Waals surface area contributed by atoms with Crippen LogP contribution in [-0.4, -0.2) is 28.0 Å². The molecule has 1 aromatic heterocycles. The van der Waals surface area contributed by atoms with Gasteiger partial charge >= 0.3 is 5.97 Å². The Morgan fingerprint density at radius 2 is 1.79 bits per heavy atom. The van der Waals surface area contributed by atoms with Gasteiger partial charge in [0.1, 0.15) is 6.04 Å². The van der Waals surface area contributed by atoms with Gasteiger partial charge in [0.25, 0.3) is 0 Å². The highest BCUT2D eigenvalue weighted by Gasteiger charge is 2.15. The SMILES string of the molecule is CC(=Cc1cc(C)c(-c2ccc3[nH]c(C)cc3c2)cc1C)C(=O)N[C@H](C)C(=O)O. The second kappa shape index (κ2) is 7.95. The molecule has 0 saturated heterocycles. The van der Waals surface area contributed by atoms with Crippen LogP contribution in [0.4, 0.5) is 0 Å². The Bertz CT molecular complexity index is 1140. The van der Waals surface area contributed by atoms with Crippen molar-refractivity contribution in [1.82, 2.24) is 10.3 Å². The van der Waals surface area contributed by atoms with Gasteiger partial charge in [0, 0.05) is 22.2 Å². The van der Waals surface area contributed by atoms with Gasteiger partial charge in [0.05, 0.1) is 0 Å². The summed E-state index contributed by atoms with van der Waals surface area (Å²) in [5.74, 6) is -1.44.